The number of nitrogens with zero attached hydrogens (tertiary/aromatic N) is 1. The summed E-state index contributed by atoms with van der Waals surface area (Å²) in [6.07, 6.45) is 2.67. The van der Waals surface area contributed by atoms with E-state index in [1.54, 1.807) is 32.4 Å². The smallest absolute Gasteiger partial charge is 0.254 e. The van der Waals surface area contributed by atoms with Crippen LogP contribution >= 0.6 is 0 Å². The second kappa shape index (κ2) is 7.19. The molecule has 1 unspecified atom stereocenters. The molecule has 2 saturated heterocycles. The van der Waals surface area contributed by atoms with Crippen LogP contribution in [0.15, 0.2) is 18.2 Å². The molecule has 2 aliphatic rings. The summed E-state index contributed by atoms with van der Waals surface area (Å²) in [4.78, 5) is 14.9. The van der Waals surface area contributed by atoms with Gasteiger partial charge in [-0.2, -0.15) is 0 Å². The number of piperidine rings is 1. The van der Waals surface area contributed by atoms with E-state index < -0.39 is 0 Å². The van der Waals surface area contributed by atoms with Crippen molar-refractivity contribution in [2.24, 2.45) is 0 Å². The molecule has 6 nitrogen and oxygen atoms in total. The van der Waals surface area contributed by atoms with E-state index in [-0.39, 0.29) is 18.2 Å². The quantitative estimate of drug-likeness (QED) is 0.850. The van der Waals surface area contributed by atoms with E-state index in [0.717, 1.165) is 19.3 Å². The number of methoxy groups -OCH3 is 2. The van der Waals surface area contributed by atoms with Crippen LogP contribution in [-0.2, 0) is 9.47 Å². The molecular formula is C17H23NO5. The van der Waals surface area contributed by atoms with Crippen molar-refractivity contribution in [1.29, 1.82) is 0 Å². The fraction of sp³-hybridized carbons (Fsp3) is 0.588. The zero-order valence-corrected chi connectivity index (χ0v) is 13.6. The van der Waals surface area contributed by atoms with E-state index >= 15 is 0 Å². The van der Waals surface area contributed by atoms with Gasteiger partial charge in [-0.25, -0.2) is 0 Å². The van der Waals surface area contributed by atoms with Gasteiger partial charge in [0.05, 0.1) is 33.5 Å². The molecule has 2 heterocycles. The number of carbonyl (C=O) groups is 1. The Hall–Kier alpha value is -1.79. The molecule has 1 aromatic rings. The number of rotatable bonds is 4. The number of hydrogen-bond acceptors (Lipinski definition) is 5. The largest absolute Gasteiger partial charge is 0.497 e. The summed E-state index contributed by atoms with van der Waals surface area (Å²) in [7, 11) is 3.15. The summed E-state index contributed by atoms with van der Waals surface area (Å²) >= 11 is 0. The Balaban J connectivity index is 1.84. The SMILES string of the molecule is COc1cc(OC)cc(C(=O)N2CCCCC2C2OCCO2)c1. The highest BCUT2D eigenvalue weighted by molar-refractivity contribution is 5.95. The van der Waals surface area contributed by atoms with Crippen LogP contribution in [0.4, 0.5) is 0 Å². The van der Waals surface area contributed by atoms with Crippen LogP contribution in [0.1, 0.15) is 29.6 Å². The van der Waals surface area contributed by atoms with Crippen LogP contribution in [-0.4, -0.2) is 57.1 Å². The summed E-state index contributed by atoms with van der Waals surface area (Å²) < 4.78 is 21.8. The minimum Gasteiger partial charge on any atom is -0.497 e. The van der Waals surface area contributed by atoms with Gasteiger partial charge in [-0.05, 0) is 31.4 Å². The molecule has 23 heavy (non-hydrogen) atoms. The van der Waals surface area contributed by atoms with Gasteiger partial charge in [0.1, 0.15) is 11.5 Å². The molecule has 0 N–H and O–H groups in total. The van der Waals surface area contributed by atoms with Crippen LogP contribution in [0.5, 0.6) is 11.5 Å². The van der Waals surface area contributed by atoms with Crippen LogP contribution in [0.3, 0.4) is 0 Å². The lowest BCUT2D eigenvalue weighted by Gasteiger charge is -2.38. The minimum absolute atomic E-state index is 0.0315. The van der Waals surface area contributed by atoms with Crippen molar-refractivity contribution in [2.45, 2.75) is 31.6 Å². The third-order valence-corrected chi connectivity index (χ3v) is 4.37. The maximum Gasteiger partial charge on any atom is 0.254 e. The topological polar surface area (TPSA) is 57.2 Å². The highest BCUT2D eigenvalue weighted by Gasteiger charge is 2.36. The molecule has 0 aromatic heterocycles. The lowest BCUT2D eigenvalue weighted by atomic mass is 10.00. The highest BCUT2D eigenvalue weighted by Crippen LogP contribution is 2.28. The normalized spacial score (nSPS) is 22.2. The van der Waals surface area contributed by atoms with Crippen molar-refractivity contribution in [3.63, 3.8) is 0 Å². The molecule has 1 aromatic carbocycles. The predicted octanol–water partition coefficient (Wildman–Crippen LogP) is 2.07. The molecule has 126 valence electrons. The van der Waals surface area contributed by atoms with Gasteiger partial charge < -0.3 is 23.8 Å². The average molecular weight is 321 g/mol. The van der Waals surface area contributed by atoms with E-state index in [2.05, 4.69) is 0 Å². The maximum absolute atomic E-state index is 13.0. The van der Waals surface area contributed by atoms with Gasteiger partial charge >= 0.3 is 0 Å². The first-order valence-electron chi connectivity index (χ1n) is 8.00. The first-order valence-corrected chi connectivity index (χ1v) is 8.00. The van der Waals surface area contributed by atoms with E-state index in [1.165, 1.54) is 0 Å². The second-order valence-corrected chi connectivity index (χ2v) is 5.77. The molecule has 3 rings (SSSR count). The fourth-order valence-corrected chi connectivity index (χ4v) is 3.19. The Bertz CT molecular complexity index is 534. The molecule has 0 bridgehead atoms. The second-order valence-electron chi connectivity index (χ2n) is 5.77. The monoisotopic (exact) mass is 321 g/mol. The maximum atomic E-state index is 13.0. The average Bonchev–Trinajstić information content (AvgIpc) is 3.15. The van der Waals surface area contributed by atoms with Crippen molar-refractivity contribution in [2.75, 3.05) is 34.0 Å². The molecule has 1 atom stereocenters. The molecular weight excluding hydrogens is 298 g/mol. The van der Waals surface area contributed by atoms with Gasteiger partial charge in [0.2, 0.25) is 0 Å². The van der Waals surface area contributed by atoms with Crippen molar-refractivity contribution in [3.05, 3.63) is 23.8 Å². The van der Waals surface area contributed by atoms with E-state index in [1.807, 2.05) is 4.90 Å². The van der Waals surface area contributed by atoms with Crippen molar-refractivity contribution < 1.29 is 23.7 Å². The summed E-state index contributed by atoms with van der Waals surface area (Å²) in [6.45, 7) is 1.90. The molecule has 0 spiro atoms. The lowest BCUT2D eigenvalue weighted by molar-refractivity contribution is -0.100. The summed E-state index contributed by atoms with van der Waals surface area (Å²) in [5.41, 5.74) is 0.561. The number of carbonyl (C=O) groups excluding carboxylic acids is 1. The van der Waals surface area contributed by atoms with E-state index in [9.17, 15) is 4.79 Å². The molecule has 6 heteroatoms. The highest BCUT2D eigenvalue weighted by atomic mass is 16.7. The van der Waals surface area contributed by atoms with Crippen LogP contribution < -0.4 is 9.47 Å². The van der Waals surface area contributed by atoms with Crippen molar-refractivity contribution in [1.82, 2.24) is 4.90 Å². The lowest BCUT2D eigenvalue weighted by Crippen LogP contribution is -2.50. The van der Waals surface area contributed by atoms with E-state index in [4.69, 9.17) is 18.9 Å². The molecule has 0 aliphatic carbocycles. The van der Waals surface area contributed by atoms with E-state index in [0.29, 0.717) is 36.8 Å². The molecule has 0 radical (unpaired) electrons. The van der Waals surface area contributed by atoms with Crippen molar-refractivity contribution >= 4 is 5.91 Å². The Labute approximate surface area is 136 Å². The first kappa shape index (κ1) is 16.1. The van der Waals surface area contributed by atoms with Gasteiger partial charge in [0.25, 0.3) is 5.91 Å². The van der Waals surface area contributed by atoms with Gasteiger partial charge in [0, 0.05) is 18.2 Å². The first-order chi connectivity index (χ1) is 11.2. The minimum atomic E-state index is -0.313. The summed E-state index contributed by atoms with van der Waals surface area (Å²) in [6, 6.07) is 5.21. The van der Waals surface area contributed by atoms with Crippen LogP contribution in [0.25, 0.3) is 0 Å². The van der Waals surface area contributed by atoms with Gasteiger partial charge in [0.15, 0.2) is 6.29 Å². The fourth-order valence-electron chi connectivity index (χ4n) is 3.19. The number of benzene rings is 1. The zero-order chi connectivity index (χ0) is 16.2. The molecule has 0 saturated carbocycles. The number of ether oxygens (including phenoxy) is 4. The van der Waals surface area contributed by atoms with Crippen LogP contribution in [0.2, 0.25) is 0 Å². The Morgan fingerprint density at radius 3 is 2.35 bits per heavy atom. The molecule has 2 aliphatic heterocycles. The number of likely N-dealkylation sites (tertiary alicyclic amines) is 1. The predicted molar refractivity (Wildman–Crippen MR) is 83.9 cm³/mol. The van der Waals surface area contributed by atoms with Crippen LogP contribution in [0, 0.1) is 0 Å². The Morgan fingerprint density at radius 2 is 1.74 bits per heavy atom. The molecule has 1 amide bonds. The number of hydrogen-bond donors (Lipinski definition) is 0. The number of amides is 1. The van der Waals surface area contributed by atoms with Gasteiger partial charge in [-0.3, -0.25) is 4.79 Å². The van der Waals surface area contributed by atoms with Gasteiger partial charge in [-0.1, -0.05) is 0 Å². The molecule has 2 fully saturated rings. The summed E-state index contributed by atoms with van der Waals surface area (Å²) in [5, 5.41) is 0. The zero-order valence-electron chi connectivity index (χ0n) is 13.6. The summed E-state index contributed by atoms with van der Waals surface area (Å²) in [5.74, 6) is 1.18. The third-order valence-electron chi connectivity index (χ3n) is 4.37. The Kier molecular flexibility index (Phi) is 5.03. The Morgan fingerprint density at radius 1 is 1.09 bits per heavy atom. The standard InChI is InChI=1S/C17H23NO5/c1-20-13-9-12(10-14(11-13)21-2)16(19)18-6-4-3-5-15(18)17-22-7-8-23-17/h9-11,15,17H,3-8H2,1-2H3. The van der Waals surface area contributed by atoms with Crippen molar-refractivity contribution in [3.8, 4) is 11.5 Å². The third kappa shape index (κ3) is 3.43. The van der Waals surface area contributed by atoms with Gasteiger partial charge in [-0.15, -0.1) is 0 Å².